The number of nitrogens with one attached hydrogen (secondary N) is 2. The molecule has 206 valence electrons. The lowest BCUT2D eigenvalue weighted by molar-refractivity contribution is -0.111. The van der Waals surface area contributed by atoms with Crippen molar-refractivity contribution in [3.63, 3.8) is 0 Å². The smallest absolute Gasteiger partial charge is 0.261 e. The molecule has 4 N–H and O–H groups in total. The van der Waals surface area contributed by atoms with E-state index in [1.165, 1.54) is 6.08 Å². The van der Waals surface area contributed by atoms with Gasteiger partial charge in [-0.2, -0.15) is 0 Å². The Morgan fingerprint density at radius 3 is 2.46 bits per heavy atom. The van der Waals surface area contributed by atoms with E-state index in [0.29, 0.717) is 46.2 Å². The number of carbonyl (C=O) groups is 1. The summed E-state index contributed by atoms with van der Waals surface area (Å²) in [6.45, 7) is 2.97. The highest BCUT2D eigenvalue weighted by Crippen LogP contribution is 2.20. The number of fused-ring (bicyclic) bond motifs is 1. The van der Waals surface area contributed by atoms with Gasteiger partial charge in [-0.3, -0.25) is 14.2 Å². The van der Waals surface area contributed by atoms with Crippen LogP contribution >= 0.6 is 11.6 Å². The summed E-state index contributed by atoms with van der Waals surface area (Å²) in [4.78, 5) is 30.7. The average Bonchev–Trinajstić information content (AvgIpc) is 2.98. The molecule has 0 saturated heterocycles. The van der Waals surface area contributed by atoms with E-state index in [2.05, 4.69) is 10.6 Å². The summed E-state index contributed by atoms with van der Waals surface area (Å²) in [5, 5.41) is 7.35. The molecule has 1 atom stereocenters. The van der Waals surface area contributed by atoms with Gasteiger partial charge in [-0.1, -0.05) is 78.3 Å². The maximum Gasteiger partial charge on any atom is 0.261 e. The predicted octanol–water partition coefficient (Wildman–Crippen LogP) is 6.18. The second-order valence-electron chi connectivity index (χ2n) is 9.76. The highest BCUT2D eigenvalue weighted by atomic mass is 35.5. The minimum Gasteiger partial charge on any atom is -0.397 e. The van der Waals surface area contributed by atoms with Crippen LogP contribution in [0.25, 0.3) is 17.0 Å². The van der Waals surface area contributed by atoms with Crippen LogP contribution in [0.5, 0.6) is 0 Å². The first-order chi connectivity index (χ1) is 19.9. The maximum atomic E-state index is 13.5. The van der Waals surface area contributed by atoms with Gasteiger partial charge >= 0.3 is 0 Å². The van der Waals surface area contributed by atoms with Crippen LogP contribution < -0.4 is 21.9 Å². The lowest BCUT2D eigenvalue weighted by atomic mass is 10.1. The number of anilines is 2. The minimum absolute atomic E-state index is 0.103. The second kappa shape index (κ2) is 12.6. The van der Waals surface area contributed by atoms with Crippen molar-refractivity contribution in [3.05, 3.63) is 141 Å². The second-order valence-corrected chi connectivity index (χ2v) is 10.2. The Labute approximate surface area is 243 Å². The Balaban J connectivity index is 1.29. The van der Waals surface area contributed by atoms with Crippen LogP contribution in [0.4, 0.5) is 11.4 Å². The number of amides is 1. The molecule has 7 nitrogen and oxygen atoms in total. The zero-order chi connectivity index (χ0) is 28.8. The summed E-state index contributed by atoms with van der Waals surface area (Å²) >= 11 is 6.21. The first kappa shape index (κ1) is 27.8. The van der Waals surface area contributed by atoms with Crippen molar-refractivity contribution in [2.75, 3.05) is 11.1 Å². The van der Waals surface area contributed by atoms with Gasteiger partial charge in [0.05, 0.1) is 34.9 Å². The van der Waals surface area contributed by atoms with Crippen LogP contribution in [0, 0.1) is 0 Å². The maximum absolute atomic E-state index is 13.5. The van der Waals surface area contributed by atoms with Crippen LogP contribution in [0.1, 0.15) is 35.5 Å². The molecule has 0 radical (unpaired) electrons. The molecule has 5 aromatic rings. The topological polar surface area (TPSA) is 102 Å². The van der Waals surface area contributed by atoms with Gasteiger partial charge in [0, 0.05) is 17.6 Å². The molecule has 41 heavy (non-hydrogen) atoms. The number of nitrogens with two attached hydrogens (primary N) is 1. The third kappa shape index (κ3) is 6.90. The van der Waals surface area contributed by atoms with Gasteiger partial charge in [-0.25, -0.2) is 4.98 Å². The molecule has 1 heterocycles. The number of para-hydroxylation sites is 2. The van der Waals surface area contributed by atoms with Crippen molar-refractivity contribution in [2.45, 2.75) is 26.1 Å². The summed E-state index contributed by atoms with van der Waals surface area (Å²) in [6, 6.07) is 29.8. The van der Waals surface area contributed by atoms with Gasteiger partial charge in [0.1, 0.15) is 5.82 Å². The van der Waals surface area contributed by atoms with Crippen molar-refractivity contribution in [3.8, 4) is 0 Å². The van der Waals surface area contributed by atoms with Crippen molar-refractivity contribution in [2.24, 2.45) is 0 Å². The van der Waals surface area contributed by atoms with Crippen molar-refractivity contribution < 1.29 is 4.79 Å². The van der Waals surface area contributed by atoms with E-state index in [1.807, 2.05) is 73.7 Å². The zero-order valence-corrected chi connectivity index (χ0v) is 23.3. The largest absolute Gasteiger partial charge is 0.397 e. The van der Waals surface area contributed by atoms with Gasteiger partial charge in [-0.05, 0) is 60.0 Å². The molecule has 0 aliphatic heterocycles. The van der Waals surface area contributed by atoms with E-state index < -0.39 is 0 Å². The third-order valence-electron chi connectivity index (χ3n) is 6.76. The quantitative estimate of drug-likeness (QED) is 0.147. The van der Waals surface area contributed by atoms with Gasteiger partial charge in [-0.15, -0.1) is 0 Å². The number of halogens is 1. The van der Waals surface area contributed by atoms with Gasteiger partial charge in [0.25, 0.3) is 5.56 Å². The Kier molecular flexibility index (Phi) is 8.58. The minimum atomic E-state index is -0.256. The van der Waals surface area contributed by atoms with Crippen LogP contribution in [-0.2, 0) is 17.9 Å². The Morgan fingerprint density at radius 1 is 0.976 bits per heavy atom. The molecule has 5 rings (SSSR count). The molecule has 0 aliphatic carbocycles. The molecule has 4 aromatic carbocycles. The van der Waals surface area contributed by atoms with E-state index in [0.717, 1.165) is 16.7 Å². The molecule has 1 amide bonds. The number of benzene rings is 4. The lowest BCUT2D eigenvalue weighted by Gasteiger charge is -2.20. The predicted molar refractivity (Wildman–Crippen MR) is 167 cm³/mol. The molecule has 0 bridgehead atoms. The monoisotopic (exact) mass is 563 g/mol. The number of rotatable bonds is 9. The first-order valence-electron chi connectivity index (χ1n) is 13.3. The fraction of sp³-hybridized carbons (Fsp3) is 0.121. The molecular formula is C33H30ClN5O2. The zero-order valence-electron chi connectivity index (χ0n) is 22.6. The molecule has 0 fully saturated rings. The van der Waals surface area contributed by atoms with Crippen LogP contribution in [0.3, 0.4) is 0 Å². The fourth-order valence-electron chi connectivity index (χ4n) is 4.53. The molecule has 1 aromatic heterocycles. The van der Waals surface area contributed by atoms with Crippen LogP contribution in [-0.4, -0.2) is 15.5 Å². The average molecular weight is 564 g/mol. The number of hydrogen-bond acceptors (Lipinski definition) is 5. The highest BCUT2D eigenvalue weighted by Gasteiger charge is 2.17. The number of nitrogens with zero attached hydrogens (tertiary/aromatic N) is 2. The SMILES string of the molecule is CC(NCc1ccc(/C=C\C(=O)Nc2ccccc2N)cc1)c1nc2cc(Cl)ccc2c(=O)n1Cc1ccccc1. The molecule has 8 heteroatoms. The molecule has 0 saturated carbocycles. The number of aromatic nitrogens is 2. The lowest BCUT2D eigenvalue weighted by Crippen LogP contribution is -2.31. The van der Waals surface area contributed by atoms with E-state index in [-0.39, 0.29) is 17.5 Å². The standard InChI is InChI=1S/C33H30ClN5O2/c1-22(32-38-30-19-26(34)16-17-27(30)33(41)39(32)21-25-7-3-2-4-8-25)36-20-24-13-11-23(12-14-24)15-18-31(40)37-29-10-6-5-9-28(29)35/h2-19,22,36H,20-21,35H2,1H3,(H,37,40)/b18-15-. The molecule has 0 spiro atoms. The van der Waals surface area contributed by atoms with Gasteiger partial charge < -0.3 is 16.4 Å². The molecule has 0 aliphatic rings. The van der Waals surface area contributed by atoms with Crippen LogP contribution in [0.2, 0.25) is 5.02 Å². The van der Waals surface area contributed by atoms with E-state index in [4.69, 9.17) is 22.3 Å². The van der Waals surface area contributed by atoms with E-state index >= 15 is 0 Å². The van der Waals surface area contributed by atoms with Crippen LogP contribution in [0.15, 0.2) is 108 Å². The summed E-state index contributed by atoms with van der Waals surface area (Å²) in [7, 11) is 0. The Hall–Kier alpha value is -4.72. The normalized spacial score (nSPS) is 12.0. The van der Waals surface area contributed by atoms with E-state index in [9.17, 15) is 9.59 Å². The summed E-state index contributed by atoms with van der Waals surface area (Å²) in [6.07, 6.45) is 3.23. The number of carbonyl (C=O) groups excluding carboxylic acids is 1. The highest BCUT2D eigenvalue weighted by molar-refractivity contribution is 6.31. The van der Waals surface area contributed by atoms with Crippen molar-refractivity contribution in [1.29, 1.82) is 0 Å². The summed E-state index contributed by atoms with van der Waals surface area (Å²) in [5.41, 5.74) is 10.4. The summed E-state index contributed by atoms with van der Waals surface area (Å²) < 4.78 is 1.73. The molecular weight excluding hydrogens is 534 g/mol. The number of nitrogen functional groups attached to an aromatic ring is 1. The van der Waals surface area contributed by atoms with Gasteiger partial charge in [0.2, 0.25) is 5.91 Å². The third-order valence-corrected chi connectivity index (χ3v) is 6.99. The fourth-order valence-corrected chi connectivity index (χ4v) is 4.69. The Morgan fingerprint density at radius 2 is 1.71 bits per heavy atom. The van der Waals surface area contributed by atoms with Crippen molar-refractivity contribution >= 4 is 45.9 Å². The first-order valence-corrected chi connectivity index (χ1v) is 13.6. The van der Waals surface area contributed by atoms with Crippen molar-refractivity contribution in [1.82, 2.24) is 14.9 Å². The number of hydrogen-bond donors (Lipinski definition) is 3. The summed E-state index contributed by atoms with van der Waals surface area (Å²) in [5.74, 6) is 0.381. The van der Waals surface area contributed by atoms with E-state index in [1.54, 1.807) is 41.0 Å². The molecule has 1 unspecified atom stereocenters. The Bertz CT molecular complexity index is 1770. The van der Waals surface area contributed by atoms with Gasteiger partial charge in [0.15, 0.2) is 0 Å².